The average Bonchev–Trinajstić information content (AvgIpc) is 3.18. The second-order valence-corrected chi connectivity index (χ2v) is 7.28. The molecule has 0 aliphatic carbocycles. The summed E-state index contributed by atoms with van der Waals surface area (Å²) in [5, 5.41) is 2.61. The molecule has 0 radical (unpaired) electrons. The Labute approximate surface area is 165 Å². The van der Waals surface area contributed by atoms with Crippen LogP contribution in [0.5, 0.6) is 5.75 Å². The van der Waals surface area contributed by atoms with Crippen LogP contribution in [-0.4, -0.2) is 15.9 Å². The molecular weight excluding hydrogens is 368 g/mol. The van der Waals surface area contributed by atoms with E-state index in [2.05, 4.69) is 9.97 Å². The van der Waals surface area contributed by atoms with Gasteiger partial charge in [0.05, 0.1) is 15.8 Å². The van der Waals surface area contributed by atoms with Crippen molar-refractivity contribution in [2.75, 3.05) is 0 Å². The molecule has 0 atom stereocenters. The first-order chi connectivity index (χ1) is 13.8. The zero-order valence-corrected chi connectivity index (χ0v) is 15.5. The Balaban J connectivity index is 1.55. The van der Waals surface area contributed by atoms with Gasteiger partial charge in [-0.25, -0.2) is 9.78 Å². The van der Waals surface area contributed by atoms with Gasteiger partial charge in [-0.15, -0.1) is 11.3 Å². The molecule has 0 bridgehead atoms. The summed E-state index contributed by atoms with van der Waals surface area (Å²) in [6, 6.07) is 24.8. The van der Waals surface area contributed by atoms with Crippen LogP contribution in [0.25, 0.3) is 31.7 Å². The van der Waals surface area contributed by atoms with Gasteiger partial charge in [-0.05, 0) is 35.7 Å². The van der Waals surface area contributed by atoms with Gasteiger partial charge in [-0.2, -0.15) is 0 Å². The normalized spacial score (nSPS) is 11.0. The first-order valence-corrected chi connectivity index (χ1v) is 9.62. The van der Waals surface area contributed by atoms with Crippen molar-refractivity contribution in [3.8, 4) is 16.5 Å². The van der Waals surface area contributed by atoms with E-state index in [0.717, 1.165) is 21.0 Å². The number of carbonyl (C=O) groups is 1. The molecule has 0 aliphatic heterocycles. The highest BCUT2D eigenvalue weighted by molar-refractivity contribution is 7.21. The minimum absolute atomic E-state index is 0.398. The summed E-state index contributed by atoms with van der Waals surface area (Å²) in [5.74, 6) is 0.0842. The molecule has 0 saturated carbocycles. The van der Waals surface area contributed by atoms with Crippen LogP contribution in [0.2, 0.25) is 0 Å². The van der Waals surface area contributed by atoms with E-state index in [0.29, 0.717) is 22.0 Å². The fraction of sp³-hybridized carbons (Fsp3) is 0. The fourth-order valence-corrected chi connectivity index (χ4v) is 4.13. The van der Waals surface area contributed by atoms with Gasteiger partial charge in [-0.3, -0.25) is 4.98 Å². The summed E-state index contributed by atoms with van der Waals surface area (Å²) < 4.78 is 6.80. The number of carbonyl (C=O) groups excluding carboxylic acids is 1. The van der Waals surface area contributed by atoms with Gasteiger partial charge in [0.15, 0.2) is 0 Å². The minimum atomic E-state index is -0.446. The van der Waals surface area contributed by atoms with Crippen molar-refractivity contribution in [2.45, 2.75) is 0 Å². The summed E-state index contributed by atoms with van der Waals surface area (Å²) in [5.41, 5.74) is 1.82. The molecule has 0 aliphatic rings. The number of fused-ring (bicyclic) bond motifs is 2. The number of aromatic nitrogens is 2. The largest absolute Gasteiger partial charge is 0.422 e. The molecule has 134 valence electrons. The molecule has 0 unspecified atom stereocenters. The second kappa shape index (κ2) is 6.87. The molecule has 5 rings (SSSR count). The lowest BCUT2D eigenvalue weighted by Gasteiger charge is -2.09. The third-order valence-corrected chi connectivity index (χ3v) is 5.52. The summed E-state index contributed by atoms with van der Waals surface area (Å²) in [4.78, 5) is 22.0. The van der Waals surface area contributed by atoms with Crippen molar-refractivity contribution in [1.82, 2.24) is 9.97 Å². The number of ether oxygens (including phenoxy) is 1. The summed E-state index contributed by atoms with van der Waals surface area (Å²) >= 11 is 1.51. The van der Waals surface area contributed by atoms with E-state index in [1.165, 1.54) is 11.3 Å². The third-order valence-electron chi connectivity index (χ3n) is 4.48. The second-order valence-electron chi connectivity index (χ2n) is 6.25. The van der Waals surface area contributed by atoms with E-state index in [4.69, 9.17) is 4.74 Å². The lowest BCUT2D eigenvalue weighted by atomic mass is 10.1. The molecule has 2 heterocycles. The maximum Gasteiger partial charge on any atom is 0.345 e. The number of benzene rings is 3. The average molecular weight is 382 g/mol. The van der Waals surface area contributed by atoms with Crippen molar-refractivity contribution in [3.63, 3.8) is 0 Å². The number of esters is 1. The Morgan fingerprint density at radius 2 is 1.68 bits per heavy atom. The Bertz CT molecular complexity index is 1290. The summed E-state index contributed by atoms with van der Waals surface area (Å²) in [7, 11) is 0. The van der Waals surface area contributed by atoms with Crippen molar-refractivity contribution >= 4 is 38.3 Å². The first-order valence-electron chi connectivity index (χ1n) is 8.80. The van der Waals surface area contributed by atoms with Gasteiger partial charge in [0.1, 0.15) is 16.5 Å². The van der Waals surface area contributed by atoms with Crippen LogP contribution in [0.4, 0.5) is 0 Å². The lowest BCUT2D eigenvalue weighted by molar-refractivity contribution is 0.0737. The number of para-hydroxylation sites is 1. The number of hydrogen-bond donors (Lipinski definition) is 0. The molecule has 28 heavy (non-hydrogen) atoms. The van der Waals surface area contributed by atoms with E-state index in [1.807, 2.05) is 60.7 Å². The zero-order chi connectivity index (χ0) is 18.9. The fourth-order valence-electron chi connectivity index (χ4n) is 3.15. The highest BCUT2D eigenvalue weighted by Gasteiger charge is 2.19. The Kier molecular flexibility index (Phi) is 4.07. The first kappa shape index (κ1) is 16.6. The number of nitrogens with zero attached hydrogens (tertiary/aromatic N) is 2. The highest BCUT2D eigenvalue weighted by Crippen LogP contribution is 2.32. The van der Waals surface area contributed by atoms with Gasteiger partial charge in [0, 0.05) is 11.6 Å². The van der Waals surface area contributed by atoms with Crippen LogP contribution in [0.1, 0.15) is 10.4 Å². The Hall–Kier alpha value is -3.57. The zero-order valence-electron chi connectivity index (χ0n) is 14.7. The van der Waals surface area contributed by atoms with Crippen molar-refractivity contribution in [1.29, 1.82) is 0 Å². The minimum Gasteiger partial charge on any atom is -0.422 e. The maximum absolute atomic E-state index is 13.0. The molecule has 5 aromatic rings. The predicted molar refractivity (Wildman–Crippen MR) is 112 cm³/mol. The lowest BCUT2D eigenvalue weighted by Crippen LogP contribution is -2.11. The van der Waals surface area contributed by atoms with Gasteiger partial charge in [0.2, 0.25) is 0 Å². The van der Waals surface area contributed by atoms with E-state index in [-0.39, 0.29) is 0 Å². The van der Waals surface area contributed by atoms with Crippen LogP contribution in [0.3, 0.4) is 0 Å². The van der Waals surface area contributed by atoms with Crippen LogP contribution in [0, 0.1) is 0 Å². The Morgan fingerprint density at radius 3 is 2.61 bits per heavy atom. The van der Waals surface area contributed by atoms with Crippen LogP contribution in [-0.2, 0) is 0 Å². The molecular formula is C23H14N2O2S. The highest BCUT2D eigenvalue weighted by atomic mass is 32.1. The molecule has 0 spiro atoms. The number of pyridine rings is 1. The Morgan fingerprint density at radius 1 is 0.857 bits per heavy atom. The van der Waals surface area contributed by atoms with Gasteiger partial charge in [0.25, 0.3) is 0 Å². The van der Waals surface area contributed by atoms with Crippen molar-refractivity contribution in [2.24, 2.45) is 0 Å². The van der Waals surface area contributed by atoms with E-state index in [1.54, 1.807) is 24.4 Å². The van der Waals surface area contributed by atoms with E-state index >= 15 is 0 Å². The molecule has 2 aromatic heterocycles. The van der Waals surface area contributed by atoms with Crippen LogP contribution in [0.15, 0.2) is 85.1 Å². The van der Waals surface area contributed by atoms with E-state index in [9.17, 15) is 4.79 Å². The van der Waals surface area contributed by atoms with Gasteiger partial charge >= 0.3 is 5.97 Å². The molecule has 0 amide bonds. The van der Waals surface area contributed by atoms with Gasteiger partial charge in [-0.1, -0.05) is 48.5 Å². The monoisotopic (exact) mass is 382 g/mol. The van der Waals surface area contributed by atoms with Crippen LogP contribution >= 0.6 is 11.3 Å². The molecule has 0 fully saturated rings. The topological polar surface area (TPSA) is 52.1 Å². The molecule has 0 N–H and O–H groups in total. The smallest absolute Gasteiger partial charge is 0.345 e. The number of rotatable bonds is 3. The predicted octanol–water partition coefficient (Wildman–Crippen LogP) is 5.73. The van der Waals surface area contributed by atoms with Crippen LogP contribution < -0.4 is 4.74 Å². The molecule has 4 nitrogen and oxygen atoms in total. The summed E-state index contributed by atoms with van der Waals surface area (Å²) in [6.45, 7) is 0. The van der Waals surface area contributed by atoms with Crippen molar-refractivity contribution in [3.05, 3.63) is 90.6 Å². The number of hydrogen-bond acceptors (Lipinski definition) is 5. The number of thiazole rings is 1. The molecule has 5 heteroatoms. The SMILES string of the molecule is O=C(Oc1cccc2ccccc12)c1cccnc1-c1nc2ccccc2s1. The van der Waals surface area contributed by atoms with Crippen molar-refractivity contribution < 1.29 is 9.53 Å². The third kappa shape index (κ3) is 2.92. The van der Waals surface area contributed by atoms with Gasteiger partial charge < -0.3 is 4.74 Å². The molecule has 3 aromatic carbocycles. The summed E-state index contributed by atoms with van der Waals surface area (Å²) in [6.07, 6.45) is 1.66. The maximum atomic E-state index is 13.0. The standard InChI is InChI=1S/C23H14N2O2S/c26-23(27-19-12-5-8-15-7-1-2-9-16(15)19)17-10-6-14-24-21(17)22-25-18-11-3-4-13-20(18)28-22/h1-14H. The van der Waals surface area contributed by atoms with E-state index < -0.39 is 5.97 Å². The molecule has 0 saturated heterocycles. The quantitative estimate of drug-likeness (QED) is 0.295.